The van der Waals surface area contributed by atoms with Crippen LogP contribution in [0.5, 0.6) is 5.75 Å². The lowest BCUT2D eigenvalue weighted by Crippen LogP contribution is -2.42. The van der Waals surface area contributed by atoms with Gasteiger partial charge in [-0.05, 0) is 26.0 Å². The first kappa shape index (κ1) is 17.7. The van der Waals surface area contributed by atoms with E-state index in [1.54, 1.807) is 0 Å². The Morgan fingerprint density at radius 1 is 1.26 bits per heavy atom. The zero-order valence-electron chi connectivity index (χ0n) is 13.4. The van der Waals surface area contributed by atoms with Gasteiger partial charge in [-0.2, -0.15) is 0 Å². The summed E-state index contributed by atoms with van der Waals surface area (Å²) in [6.07, 6.45) is -0.281. The second-order valence-corrected chi connectivity index (χ2v) is 7.43. The number of carbonyl (C=O) groups is 1. The Balaban J connectivity index is 2.31. The van der Waals surface area contributed by atoms with Crippen molar-refractivity contribution in [2.24, 2.45) is 5.92 Å². The lowest BCUT2D eigenvalue weighted by atomic mass is 9.98. The zero-order valence-corrected chi connectivity index (χ0v) is 14.3. The van der Waals surface area contributed by atoms with Gasteiger partial charge in [0.1, 0.15) is 11.3 Å². The standard InChI is InChI=1S/C15H21NO6S/c1-8-9(2)22-10(3)14(8)16-23(19,20)11-5-6-12(15(17)18)13(7-11)21-4/h5-10,14,16H,1-4H3,(H,17,18). The molecule has 4 atom stereocenters. The summed E-state index contributed by atoms with van der Waals surface area (Å²) in [4.78, 5) is 11.0. The van der Waals surface area contributed by atoms with Gasteiger partial charge in [0.05, 0.1) is 30.3 Å². The average molecular weight is 343 g/mol. The van der Waals surface area contributed by atoms with Gasteiger partial charge >= 0.3 is 5.97 Å². The second kappa shape index (κ2) is 6.46. The van der Waals surface area contributed by atoms with Crippen molar-refractivity contribution in [3.8, 4) is 5.75 Å². The number of sulfonamides is 1. The van der Waals surface area contributed by atoms with Gasteiger partial charge in [0.15, 0.2) is 0 Å². The highest BCUT2D eigenvalue weighted by atomic mass is 32.2. The normalized spacial score (nSPS) is 27.8. The Morgan fingerprint density at radius 2 is 1.91 bits per heavy atom. The van der Waals surface area contributed by atoms with Crippen molar-refractivity contribution in [1.29, 1.82) is 0 Å². The summed E-state index contributed by atoms with van der Waals surface area (Å²) in [5, 5.41) is 9.06. The molecule has 1 saturated heterocycles. The second-order valence-electron chi connectivity index (χ2n) is 5.72. The number of ether oxygens (including phenoxy) is 2. The highest BCUT2D eigenvalue weighted by molar-refractivity contribution is 7.89. The fourth-order valence-corrected chi connectivity index (χ4v) is 4.14. The van der Waals surface area contributed by atoms with Gasteiger partial charge in [-0.1, -0.05) is 6.92 Å². The van der Waals surface area contributed by atoms with E-state index >= 15 is 0 Å². The van der Waals surface area contributed by atoms with Crippen molar-refractivity contribution in [2.45, 2.75) is 43.9 Å². The number of rotatable bonds is 5. The molecule has 1 heterocycles. The van der Waals surface area contributed by atoms with E-state index in [1.165, 1.54) is 25.3 Å². The number of aromatic carboxylic acids is 1. The summed E-state index contributed by atoms with van der Waals surface area (Å²) < 4.78 is 38.4. The van der Waals surface area contributed by atoms with Crippen LogP contribution in [0.25, 0.3) is 0 Å². The molecule has 2 N–H and O–H groups in total. The Morgan fingerprint density at radius 3 is 2.39 bits per heavy atom. The van der Waals surface area contributed by atoms with Crippen LogP contribution in [0.15, 0.2) is 23.1 Å². The fourth-order valence-electron chi connectivity index (χ4n) is 2.73. The minimum absolute atomic E-state index is 0.00230. The molecule has 0 saturated carbocycles. The Hall–Kier alpha value is -1.64. The smallest absolute Gasteiger partial charge is 0.339 e. The van der Waals surface area contributed by atoms with E-state index in [0.717, 1.165) is 0 Å². The van der Waals surface area contributed by atoms with E-state index in [9.17, 15) is 13.2 Å². The molecule has 4 unspecified atom stereocenters. The SMILES string of the molecule is COc1cc(S(=O)(=O)NC2C(C)OC(C)C2C)ccc1C(=O)O. The summed E-state index contributed by atoms with van der Waals surface area (Å²) in [5.41, 5.74) is -0.0917. The molecule has 1 fully saturated rings. The maximum absolute atomic E-state index is 12.6. The largest absolute Gasteiger partial charge is 0.496 e. The third-order valence-corrected chi connectivity index (χ3v) is 5.70. The quantitative estimate of drug-likeness (QED) is 0.840. The van der Waals surface area contributed by atoms with Crippen LogP contribution in [0.1, 0.15) is 31.1 Å². The maximum Gasteiger partial charge on any atom is 0.339 e. The van der Waals surface area contributed by atoms with E-state index in [1.807, 2.05) is 20.8 Å². The van der Waals surface area contributed by atoms with Crippen LogP contribution in [-0.4, -0.2) is 44.9 Å². The monoisotopic (exact) mass is 343 g/mol. The van der Waals surface area contributed by atoms with Crippen LogP contribution >= 0.6 is 0 Å². The molecule has 1 aliphatic heterocycles. The summed E-state index contributed by atoms with van der Waals surface area (Å²) in [6, 6.07) is 3.33. The van der Waals surface area contributed by atoms with Gasteiger partial charge < -0.3 is 14.6 Å². The first-order chi connectivity index (χ1) is 10.7. The van der Waals surface area contributed by atoms with E-state index in [4.69, 9.17) is 14.6 Å². The molecule has 0 radical (unpaired) electrons. The summed E-state index contributed by atoms with van der Waals surface area (Å²) in [6.45, 7) is 5.65. The molecule has 0 bridgehead atoms. The van der Waals surface area contributed by atoms with Gasteiger partial charge in [-0.3, -0.25) is 0 Å². The first-order valence-electron chi connectivity index (χ1n) is 7.26. The molecule has 0 spiro atoms. The molecule has 1 aromatic carbocycles. The minimum Gasteiger partial charge on any atom is -0.496 e. The molecule has 7 nitrogen and oxygen atoms in total. The van der Waals surface area contributed by atoms with E-state index in [-0.39, 0.29) is 40.4 Å². The first-order valence-corrected chi connectivity index (χ1v) is 8.75. The number of carboxylic acids is 1. The van der Waals surface area contributed by atoms with E-state index in [0.29, 0.717) is 0 Å². The van der Waals surface area contributed by atoms with Crippen molar-refractivity contribution < 1.29 is 27.8 Å². The van der Waals surface area contributed by atoms with Crippen LogP contribution in [0.2, 0.25) is 0 Å². The number of nitrogens with one attached hydrogen (secondary N) is 1. The number of methoxy groups -OCH3 is 1. The summed E-state index contributed by atoms with van der Waals surface area (Å²) in [7, 11) is -2.52. The third-order valence-electron chi connectivity index (χ3n) is 4.25. The number of hydrogen-bond acceptors (Lipinski definition) is 5. The molecule has 0 amide bonds. The van der Waals surface area contributed by atoms with Crippen molar-refractivity contribution in [2.75, 3.05) is 7.11 Å². The molecule has 2 rings (SSSR count). The van der Waals surface area contributed by atoms with Crippen LogP contribution in [-0.2, 0) is 14.8 Å². The van der Waals surface area contributed by atoms with Gasteiger partial charge in [-0.25, -0.2) is 17.9 Å². The predicted molar refractivity (Wildman–Crippen MR) is 83.2 cm³/mol. The molecule has 1 aromatic rings. The molecule has 128 valence electrons. The van der Waals surface area contributed by atoms with Crippen LogP contribution in [0, 0.1) is 5.92 Å². The van der Waals surface area contributed by atoms with Crippen molar-refractivity contribution >= 4 is 16.0 Å². The van der Waals surface area contributed by atoms with E-state index < -0.39 is 16.0 Å². The number of carboxylic acid groups (broad SMARTS) is 1. The van der Waals surface area contributed by atoms with Crippen LogP contribution in [0.4, 0.5) is 0 Å². The highest BCUT2D eigenvalue weighted by Gasteiger charge is 2.39. The Kier molecular flexibility index (Phi) is 4.98. The molecule has 8 heteroatoms. The average Bonchev–Trinajstić information content (AvgIpc) is 2.72. The minimum atomic E-state index is -3.81. The lowest BCUT2D eigenvalue weighted by molar-refractivity contribution is 0.0552. The highest BCUT2D eigenvalue weighted by Crippen LogP contribution is 2.29. The van der Waals surface area contributed by atoms with Gasteiger partial charge in [0.2, 0.25) is 10.0 Å². The molecule has 0 aromatic heterocycles. The van der Waals surface area contributed by atoms with Gasteiger partial charge in [-0.15, -0.1) is 0 Å². The van der Waals surface area contributed by atoms with Crippen molar-refractivity contribution in [3.05, 3.63) is 23.8 Å². The van der Waals surface area contributed by atoms with Crippen LogP contribution < -0.4 is 9.46 Å². The van der Waals surface area contributed by atoms with Crippen molar-refractivity contribution in [3.63, 3.8) is 0 Å². The maximum atomic E-state index is 12.6. The number of benzene rings is 1. The van der Waals surface area contributed by atoms with Gasteiger partial charge in [0.25, 0.3) is 0 Å². The summed E-state index contributed by atoms with van der Waals surface area (Å²) >= 11 is 0. The third kappa shape index (κ3) is 3.49. The molecule has 1 aliphatic rings. The lowest BCUT2D eigenvalue weighted by Gasteiger charge is -2.20. The van der Waals surface area contributed by atoms with E-state index in [2.05, 4.69) is 4.72 Å². The molecular formula is C15H21NO6S. The predicted octanol–water partition coefficient (Wildman–Crippen LogP) is 1.48. The van der Waals surface area contributed by atoms with Crippen LogP contribution in [0.3, 0.4) is 0 Å². The zero-order chi connectivity index (χ0) is 17.4. The molecular weight excluding hydrogens is 322 g/mol. The molecule has 23 heavy (non-hydrogen) atoms. The number of hydrogen-bond donors (Lipinski definition) is 2. The Bertz CT molecular complexity index is 702. The van der Waals surface area contributed by atoms with Crippen molar-refractivity contribution in [1.82, 2.24) is 4.72 Å². The fraction of sp³-hybridized carbons (Fsp3) is 0.533. The summed E-state index contributed by atoms with van der Waals surface area (Å²) in [5.74, 6) is -1.16. The topological polar surface area (TPSA) is 102 Å². The Labute approximate surface area is 135 Å². The molecule has 0 aliphatic carbocycles. The van der Waals surface area contributed by atoms with Gasteiger partial charge in [0, 0.05) is 12.0 Å².